The summed E-state index contributed by atoms with van der Waals surface area (Å²) < 4.78 is 40.2. The second-order valence-electron chi connectivity index (χ2n) is 6.53. The highest BCUT2D eigenvalue weighted by Gasteiger charge is 2.30. The molecular weight excluding hydrogens is 371 g/mol. The molecule has 3 rings (SSSR count). The molecule has 7 nitrogen and oxygen atoms in total. The van der Waals surface area contributed by atoms with Gasteiger partial charge in [-0.2, -0.15) is 9.40 Å². The standard InChI is InChI=1S/C18H23FN4O3S/c1-4-27(25,26)22-11-9-21(10-12-22)18(24)17-13(2)20-23(14(17)3)16-7-5-15(19)6-8-16/h5-8H,4,9-12H2,1-3H3. The number of halogens is 1. The number of sulfonamides is 1. The number of hydrogen-bond donors (Lipinski definition) is 0. The summed E-state index contributed by atoms with van der Waals surface area (Å²) >= 11 is 0. The van der Waals surface area contributed by atoms with Crippen LogP contribution in [0.5, 0.6) is 0 Å². The van der Waals surface area contributed by atoms with Crippen molar-refractivity contribution in [2.24, 2.45) is 0 Å². The Kier molecular flexibility index (Phi) is 5.34. The van der Waals surface area contributed by atoms with Crippen molar-refractivity contribution in [3.8, 4) is 5.69 Å². The van der Waals surface area contributed by atoms with E-state index in [2.05, 4.69) is 5.10 Å². The van der Waals surface area contributed by atoms with Gasteiger partial charge in [0.2, 0.25) is 10.0 Å². The number of carbonyl (C=O) groups is 1. The summed E-state index contributed by atoms with van der Waals surface area (Å²) in [5.41, 5.74) is 2.44. The zero-order valence-corrected chi connectivity index (χ0v) is 16.5. The Morgan fingerprint density at radius 1 is 1.11 bits per heavy atom. The van der Waals surface area contributed by atoms with Crippen LogP contribution in [0.4, 0.5) is 4.39 Å². The maximum Gasteiger partial charge on any atom is 0.257 e. The normalized spacial score (nSPS) is 15.9. The molecule has 1 aromatic carbocycles. The van der Waals surface area contributed by atoms with Gasteiger partial charge >= 0.3 is 0 Å². The first-order valence-corrected chi connectivity index (χ1v) is 10.4. The number of aromatic nitrogens is 2. The Morgan fingerprint density at radius 3 is 2.26 bits per heavy atom. The zero-order chi connectivity index (χ0) is 19.8. The molecule has 0 saturated carbocycles. The smallest absolute Gasteiger partial charge is 0.257 e. The Labute approximate surface area is 158 Å². The van der Waals surface area contributed by atoms with E-state index in [1.807, 2.05) is 0 Å². The summed E-state index contributed by atoms with van der Waals surface area (Å²) in [4.78, 5) is 14.7. The van der Waals surface area contributed by atoms with Crippen molar-refractivity contribution in [1.82, 2.24) is 19.0 Å². The second-order valence-corrected chi connectivity index (χ2v) is 8.78. The second kappa shape index (κ2) is 7.40. The van der Waals surface area contributed by atoms with Gasteiger partial charge in [0.15, 0.2) is 0 Å². The first-order chi connectivity index (χ1) is 12.7. The molecule has 146 valence electrons. The minimum Gasteiger partial charge on any atom is -0.336 e. The Bertz CT molecular complexity index is 946. The Balaban J connectivity index is 1.81. The van der Waals surface area contributed by atoms with Gasteiger partial charge < -0.3 is 4.90 Å². The molecule has 1 aliphatic rings. The van der Waals surface area contributed by atoms with E-state index >= 15 is 0 Å². The van der Waals surface area contributed by atoms with Gasteiger partial charge in [0.05, 0.1) is 28.4 Å². The lowest BCUT2D eigenvalue weighted by Crippen LogP contribution is -2.51. The molecule has 27 heavy (non-hydrogen) atoms. The summed E-state index contributed by atoms with van der Waals surface area (Å²) in [6.45, 7) is 6.46. The van der Waals surface area contributed by atoms with Crippen LogP contribution in [-0.4, -0.2) is 65.2 Å². The van der Waals surface area contributed by atoms with Crippen LogP contribution < -0.4 is 0 Å². The zero-order valence-electron chi connectivity index (χ0n) is 15.6. The van der Waals surface area contributed by atoms with E-state index in [0.717, 1.165) is 0 Å². The van der Waals surface area contributed by atoms with Crippen molar-refractivity contribution in [1.29, 1.82) is 0 Å². The van der Waals surface area contributed by atoms with Gasteiger partial charge in [0, 0.05) is 26.2 Å². The maximum absolute atomic E-state index is 13.2. The van der Waals surface area contributed by atoms with Crippen molar-refractivity contribution < 1.29 is 17.6 Å². The average molecular weight is 394 g/mol. The van der Waals surface area contributed by atoms with Crippen LogP contribution in [0.1, 0.15) is 28.7 Å². The largest absolute Gasteiger partial charge is 0.336 e. The lowest BCUT2D eigenvalue weighted by atomic mass is 10.1. The lowest BCUT2D eigenvalue weighted by Gasteiger charge is -2.33. The highest BCUT2D eigenvalue weighted by molar-refractivity contribution is 7.89. The fourth-order valence-electron chi connectivity index (χ4n) is 3.30. The third kappa shape index (κ3) is 3.74. The number of rotatable bonds is 4. The van der Waals surface area contributed by atoms with Crippen molar-refractivity contribution in [3.63, 3.8) is 0 Å². The quantitative estimate of drug-likeness (QED) is 0.792. The van der Waals surface area contributed by atoms with Crippen LogP contribution in [0.3, 0.4) is 0 Å². The molecule has 0 spiro atoms. The van der Waals surface area contributed by atoms with Crippen molar-refractivity contribution >= 4 is 15.9 Å². The molecule has 0 atom stereocenters. The Morgan fingerprint density at radius 2 is 1.70 bits per heavy atom. The summed E-state index contributed by atoms with van der Waals surface area (Å²) in [6.07, 6.45) is 0. The van der Waals surface area contributed by atoms with Gasteiger partial charge in [0.1, 0.15) is 5.82 Å². The molecule has 1 aromatic heterocycles. The molecule has 0 aliphatic carbocycles. The number of aryl methyl sites for hydroxylation is 1. The number of benzene rings is 1. The topological polar surface area (TPSA) is 75.5 Å². The van der Waals surface area contributed by atoms with Crippen molar-refractivity contribution in [2.45, 2.75) is 20.8 Å². The minimum atomic E-state index is -3.24. The molecule has 0 unspecified atom stereocenters. The molecule has 1 aliphatic heterocycles. The molecule has 9 heteroatoms. The van der Waals surface area contributed by atoms with E-state index in [1.165, 1.54) is 16.4 Å². The highest BCUT2D eigenvalue weighted by Crippen LogP contribution is 2.21. The van der Waals surface area contributed by atoms with Crippen LogP contribution in [0, 0.1) is 19.7 Å². The van der Waals surface area contributed by atoms with Crippen LogP contribution in [-0.2, 0) is 10.0 Å². The predicted octanol–water partition coefficient (Wildman–Crippen LogP) is 1.74. The first-order valence-electron chi connectivity index (χ1n) is 8.84. The molecular formula is C18H23FN4O3S. The van der Waals surface area contributed by atoms with Gasteiger partial charge in [-0.15, -0.1) is 0 Å². The van der Waals surface area contributed by atoms with Crippen LogP contribution in [0.2, 0.25) is 0 Å². The van der Waals surface area contributed by atoms with Gasteiger partial charge in [-0.1, -0.05) is 0 Å². The van der Waals surface area contributed by atoms with Gasteiger partial charge in [-0.25, -0.2) is 17.5 Å². The molecule has 1 fully saturated rings. The summed E-state index contributed by atoms with van der Waals surface area (Å²) in [6, 6.07) is 5.91. The SMILES string of the molecule is CCS(=O)(=O)N1CCN(C(=O)c2c(C)nn(-c3ccc(F)cc3)c2C)CC1. The molecule has 1 saturated heterocycles. The first kappa shape index (κ1) is 19.5. The van der Waals surface area contributed by atoms with E-state index in [-0.39, 0.29) is 17.5 Å². The third-order valence-corrected chi connectivity index (χ3v) is 6.74. The summed E-state index contributed by atoms with van der Waals surface area (Å²) in [5.74, 6) is -0.438. The molecule has 0 bridgehead atoms. The number of piperazine rings is 1. The summed E-state index contributed by atoms with van der Waals surface area (Å²) in [7, 11) is -3.24. The maximum atomic E-state index is 13.2. The van der Waals surface area contributed by atoms with E-state index in [0.29, 0.717) is 48.8 Å². The highest BCUT2D eigenvalue weighted by atomic mass is 32.2. The molecule has 2 aromatic rings. The number of carbonyl (C=O) groups excluding carboxylic acids is 1. The van der Waals surface area contributed by atoms with E-state index in [1.54, 1.807) is 42.5 Å². The summed E-state index contributed by atoms with van der Waals surface area (Å²) in [5, 5.41) is 4.43. The fraction of sp³-hybridized carbons (Fsp3) is 0.444. The van der Waals surface area contributed by atoms with E-state index in [9.17, 15) is 17.6 Å². The van der Waals surface area contributed by atoms with Gasteiger partial charge in [0.25, 0.3) is 5.91 Å². The molecule has 2 heterocycles. The third-order valence-electron chi connectivity index (χ3n) is 4.86. The van der Waals surface area contributed by atoms with Gasteiger partial charge in [-0.3, -0.25) is 4.79 Å². The van der Waals surface area contributed by atoms with E-state index < -0.39 is 10.0 Å². The monoisotopic (exact) mass is 394 g/mol. The van der Waals surface area contributed by atoms with Crippen LogP contribution in [0.25, 0.3) is 5.69 Å². The molecule has 0 radical (unpaired) electrons. The van der Waals surface area contributed by atoms with Crippen LogP contribution >= 0.6 is 0 Å². The lowest BCUT2D eigenvalue weighted by molar-refractivity contribution is 0.0696. The predicted molar refractivity (Wildman–Crippen MR) is 99.9 cm³/mol. The Hall–Kier alpha value is -2.26. The van der Waals surface area contributed by atoms with Gasteiger partial charge in [-0.05, 0) is 45.0 Å². The van der Waals surface area contributed by atoms with Crippen molar-refractivity contribution in [3.05, 3.63) is 47.0 Å². The molecule has 1 amide bonds. The van der Waals surface area contributed by atoms with E-state index in [4.69, 9.17) is 0 Å². The number of amides is 1. The van der Waals surface area contributed by atoms with Crippen molar-refractivity contribution in [2.75, 3.05) is 31.9 Å². The minimum absolute atomic E-state index is 0.0591. The van der Waals surface area contributed by atoms with Crippen LogP contribution in [0.15, 0.2) is 24.3 Å². The molecule has 0 N–H and O–H groups in total. The number of hydrogen-bond acceptors (Lipinski definition) is 4. The number of nitrogens with zero attached hydrogens (tertiary/aromatic N) is 4. The average Bonchev–Trinajstić information content (AvgIpc) is 2.96. The fourth-order valence-corrected chi connectivity index (χ4v) is 4.38.